The summed E-state index contributed by atoms with van der Waals surface area (Å²) in [5.74, 6) is 0.0684. The van der Waals surface area contributed by atoms with Crippen LogP contribution in [0, 0.1) is 12.7 Å². The molecule has 0 aliphatic rings. The van der Waals surface area contributed by atoms with Crippen LogP contribution in [0.4, 0.5) is 4.39 Å². The Kier molecular flexibility index (Phi) is 4.76. The van der Waals surface area contributed by atoms with Gasteiger partial charge in [0.25, 0.3) is 5.91 Å². The largest absolute Gasteiger partial charge is 0.484 e. The first kappa shape index (κ1) is 12.5. The molecule has 0 spiro atoms. The lowest BCUT2D eigenvalue weighted by Crippen LogP contribution is -2.29. The molecule has 0 aliphatic heterocycles. The highest BCUT2D eigenvalue weighted by Gasteiger charge is 2.04. The third kappa shape index (κ3) is 3.88. The van der Waals surface area contributed by atoms with E-state index in [0.717, 1.165) is 6.42 Å². The van der Waals surface area contributed by atoms with Crippen LogP contribution in [-0.2, 0) is 4.79 Å². The van der Waals surface area contributed by atoms with E-state index in [2.05, 4.69) is 5.32 Å². The summed E-state index contributed by atoms with van der Waals surface area (Å²) in [6.07, 6.45) is 0.890. The average Bonchev–Trinajstić information content (AvgIpc) is 2.25. The number of rotatable bonds is 5. The molecular formula is C12H16FNO2. The number of nitrogens with one attached hydrogen (secondary N) is 1. The zero-order chi connectivity index (χ0) is 12.0. The van der Waals surface area contributed by atoms with Crippen LogP contribution in [0.2, 0.25) is 0 Å². The highest BCUT2D eigenvalue weighted by atomic mass is 19.1. The molecule has 1 N–H and O–H groups in total. The molecule has 0 unspecified atom stereocenters. The second-order valence-corrected chi connectivity index (χ2v) is 3.55. The van der Waals surface area contributed by atoms with Crippen molar-refractivity contribution in [2.75, 3.05) is 13.2 Å². The number of amides is 1. The number of halogens is 1. The molecule has 88 valence electrons. The van der Waals surface area contributed by atoms with Crippen LogP contribution in [0.3, 0.4) is 0 Å². The summed E-state index contributed by atoms with van der Waals surface area (Å²) in [4.78, 5) is 11.2. The maximum atomic E-state index is 12.8. The second-order valence-electron chi connectivity index (χ2n) is 3.55. The molecule has 0 aliphatic carbocycles. The van der Waals surface area contributed by atoms with Crippen molar-refractivity contribution in [3.05, 3.63) is 29.6 Å². The summed E-state index contributed by atoms with van der Waals surface area (Å²) >= 11 is 0. The van der Waals surface area contributed by atoms with Crippen LogP contribution in [0.25, 0.3) is 0 Å². The predicted octanol–water partition coefficient (Wildman–Crippen LogP) is 2.04. The molecule has 0 saturated carbocycles. The van der Waals surface area contributed by atoms with Crippen LogP contribution >= 0.6 is 0 Å². The summed E-state index contributed by atoms with van der Waals surface area (Å²) in [7, 11) is 0. The number of benzene rings is 1. The van der Waals surface area contributed by atoms with Crippen LogP contribution in [-0.4, -0.2) is 19.1 Å². The minimum absolute atomic E-state index is 0.0352. The highest BCUT2D eigenvalue weighted by molar-refractivity contribution is 5.77. The fourth-order valence-corrected chi connectivity index (χ4v) is 1.23. The van der Waals surface area contributed by atoms with Gasteiger partial charge >= 0.3 is 0 Å². The Morgan fingerprint density at radius 2 is 2.25 bits per heavy atom. The fourth-order valence-electron chi connectivity index (χ4n) is 1.23. The molecule has 1 amide bonds. The Morgan fingerprint density at radius 1 is 1.50 bits per heavy atom. The van der Waals surface area contributed by atoms with Gasteiger partial charge in [-0.15, -0.1) is 0 Å². The third-order valence-corrected chi connectivity index (χ3v) is 2.07. The number of aryl methyl sites for hydroxylation is 1. The fraction of sp³-hybridized carbons (Fsp3) is 0.417. The maximum Gasteiger partial charge on any atom is 0.257 e. The molecule has 0 radical (unpaired) electrons. The molecule has 1 rings (SSSR count). The summed E-state index contributed by atoms with van der Waals surface area (Å²) in [5.41, 5.74) is 0.684. The average molecular weight is 225 g/mol. The van der Waals surface area contributed by atoms with E-state index in [1.54, 1.807) is 6.92 Å². The first-order chi connectivity index (χ1) is 7.63. The van der Waals surface area contributed by atoms with Gasteiger partial charge in [0.15, 0.2) is 6.61 Å². The van der Waals surface area contributed by atoms with Gasteiger partial charge in [0.1, 0.15) is 11.6 Å². The quantitative estimate of drug-likeness (QED) is 0.832. The van der Waals surface area contributed by atoms with Crippen LogP contribution in [0.1, 0.15) is 18.9 Å². The Bertz CT molecular complexity index is 366. The number of hydrogen-bond donors (Lipinski definition) is 1. The van der Waals surface area contributed by atoms with Crippen molar-refractivity contribution in [1.29, 1.82) is 0 Å². The normalized spacial score (nSPS) is 9.94. The Morgan fingerprint density at radius 3 is 2.88 bits per heavy atom. The minimum Gasteiger partial charge on any atom is -0.484 e. The van der Waals surface area contributed by atoms with Gasteiger partial charge in [-0.2, -0.15) is 0 Å². The van der Waals surface area contributed by atoms with E-state index in [9.17, 15) is 9.18 Å². The molecule has 0 aromatic heterocycles. The van der Waals surface area contributed by atoms with Crippen molar-refractivity contribution in [2.24, 2.45) is 0 Å². The van der Waals surface area contributed by atoms with E-state index < -0.39 is 0 Å². The van der Waals surface area contributed by atoms with E-state index in [0.29, 0.717) is 17.9 Å². The van der Waals surface area contributed by atoms with E-state index in [1.165, 1.54) is 18.2 Å². The van der Waals surface area contributed by atoms with E-state index in [4.69, 9.17) is 4.74 Å². The third-order valence-electron chi connectivity index (χ3n) is 2.07. The lowest BCUT2D eigenvalue weighted by atomic mass is 10.2. The van der Waals surface area contributed by atoms with Crippen molar-refractivity contribution in [3.63, 3.8) is 0 Å². The molecule has 1 aromatic carbocycles. The highest BCUT2D eigenvalue weighted by Crippen LogP contribution is 2.17. The first-order valence-corrected chi connectivity index (χ1v) is 5.29. The van der Waals surface area contributed by atoms with Gasteiger partial charge in [0.05, 0.1) is 0 Å². The summed E-state index contributed by atoms with van der Waals surface area (Å²) < 4.78 is 18.0. The van der Waals surface area contributed by atoms with Gasteiger partial charge in [-0.1, -0.05) is 6.92 Å². The summed E-state index contributed by atoms with van der Waals surface area (Å²) in [6, 6.07) is 4.21. The lowest BCUT2D eigenvalue weighted by molar-refractivity contribution is -0.123. The Labute approximate surface area is 94.6 Å². The van der Waals surface area contributed by atoms with Gasteiger partial charge in [-0.25, -0.2) is 4.39 Å². The van der Waals surface area contributed by atoms with Crippen molar-refractivity contribution >= 4 is 5.91 Å². The minimum atomic E-state index is -0.305. The standard InChI is InChI=1S/C12H16FNO2/c1-3-6-14-12(15)8-16-11-5-4-10(13)7-9(11)2/h4-5,7H,3,6,8H2,1-2H3,(H,14,15). The zero-order valence-corrected chi connectivity index (χ0v) is 9.55. The van der Waals surface area contributed by atoms with Gasteiger partial charge in [-0.3, -0.25) is 4.79 Å². The van der Waals surface area contributed by atoms with E-state index in [1.807, 2.05) is 6.92 Å². The van der Waals surface area contributed by atoms with Crippen LogP contribution in [0.5, 0.6) is 5.75 Å². The molecule has 4 heteroatoms. The SMILES string of the molecule is CCCNC(=O)COc1ccc(F)cc1C. The van der Waals surface area contributed by atoms with Crippen molar-refractivity contribution in [3.8, 4) is 5.75 Å². The number of carbonyl (C=O) groups excluding carboxylic acids is 1. The summed E-state index contributed by atoms with van der Waals surface area (Å²) in [5, 5.41) is 2.70. The Hall–Kier alpha value is -1.58. The smallest absolute Gasteiger partial charge is 0.257 e. The van der Waals surface area contributed by atoms with E-state index >= 15 is 0 Å². The van der Waals surface area contributed by atoms with Gasteiger partial charge in [0.2, 0.25) is 0 Å². The topological polar surface area (TPSA) is 38.3 Å². The second kappa shape index (κ2) is 6.10. The van der Waals surface area contributed by atoms with Crippen molar-refractivity contribution < 1.29 is 13.9 Å². The maximum absolute atomic E-state index is 12.8. The molecule has 16 heavy (non-hydrogen) atoms. The van der Waals surface area contributed by atoms with Gasteiger partial charge in [0, 0.05) is 6.54 Å². The monoisotopic (exact) mass is 225 g/mol. The molecule has 0 heterocycles. The number of carbonyl (C=O) groups is 1. The molecule has 1 aromatic rings. The summed E-state index contributed by atoms with van der Waals surface area (Å²) in [6.45, 7) is 4.32. The van der Waals surface area contributed by atoms with Crippen LogP contribution in [0.15, 0.2) is 18.2 Å². The van der Waals surface area contributed by atoms with Crippen molar-refractivity contribution in [1.82, 2.24) is 5.32 Å². The molecule has 0 bridgehead atoms. The van der Waals surface area contributed by atoms with Gasteiger partial charge < -0.3 is 10.1 Å². The molecule has 0 fully saturated rings. The van der Waals surface area contributed by atoms with Crippen molar-refractivity contribution in [2.45, 2.75) is 20.3 Å². The molecule has 0 saturated heterocycles. The zero-order valence-electron chi connectivity index (χ0n) is 9.55. The molecule has 3 nitrogen and oxygen atoms in total. The Balaban J connectivity index is 2.45. The number of ether oxygens (including phenoxy) is 1. The van der Waals surface area contributed by atoms with Gasteiger partial charge in [-0.05, 0) is 37.1 Å². The molecule has 0 atom stereocenters. The lowest BCUT2D eigenvalue weighted by Gasteiger charge is -2.08. The number of hydrogen-bond acceptors (Lipinski definition) is 2. The molecular weight excluding hydrogens is 209 g/mol. The van der Waals surface area contributed by atoms with E-state index in [-0.39, 0.29) is 18.3 Å². The predicted molar refractivity (Wildman–Crippen MR) is 59.9 cm³/mol. The van der Waals surface area contributed by atoms with Crippen LogP contribution < -0.4 is 10.1 Å². The first-order valence-electron chi connectivity index (χ1n) is 5.29.